The largest absolute Gasteiger partial charge is 0.493 e. The van der Waals surface area contributed by atoms with E-state index in [9.17, 15) is 9.59 Å². The Morgan fingerprint density at radius 3 is 2.47 bits per heavy atom. The van der Waals surface area contributed by atoms with Gasteiger partial charge >= 0.3 is 0 Å². The number of thiophene rings is 1. The van der Waals surface area contributed by atoms with Gasteiger partial charge in [-0.2, -0.15) is 0 Å². The molecule has 0 aliphatic carbocycles. The van der Waals surface area contributed by atoms with Crippen molar-refractivity contribution in [2.24, 2.45) is 11.7 Å². The molecular formula is C24H25ClN2O4S. The van der Waals surface area contributed by atoms with Crippen molar-refractivity contribution < 1.29 is 19.1 Å². The molecule has 0 atom stereocenters. The normalized spacial score (nSPS) is 10.8. The Morgan fingerprint density at radius 2 is 1.88 bits per heavy atom. The lowest BCUT2D eigenvalue weighted by molar-refractivity contribution is 0.100. The number of amides is 2. The minimum atomic E-state index is -0.614. The van der Waals surface area contributed by atoms with E-state index in [1.54, 1.807) is 6.07 Å². The summed E-state index contributed by atoms with van der Waals surface area (Å²) < 4.78 is 11.1. The molecule has 0 unspecified atom stereocenters. The Kier molecular flexibility index (Phi) is 7.43. The van der Waals surface area contributed by atoms with E-state index in [2.05, 4.69) is 5.32 Å². The fourth-order valence-corrected chi connectivity index (χ4v) is 4.58. The summed E-state index contributed by atoms with van der Waals surface area (Å²) in [6, 6.07) is 12.5. The third-order valence-electron chi connectivity index (χ3n) is 4.67. The number of ether oxygens (including phenoxy) is 2. The topological polar surface area (TPSA) is 90.6 Å². The van der Waals surface area contributed by atoms with Gasteiger partial charge in [0.2, 0.25) is 0 Å². The number of nitrogens with two attached hydrogens (primary N) is 1. The van der Waals surface area contributed by atoms with Crippen LogP contribution in [0.4, 0.5) is 5.00 Å². The summed E-state index contributed by atoms with van der Waals surface area (Å²) >= 11 is 7.67. The second kappa shape index (κ2) is 10.1. The first-order valence-corrected chi connectivity index (χ1v) is 11.2. The lowest BCUT2D eigenvalue weighted by Gasteiger charge is -2.15. The lowest BCUT2D eigenvalue weighted by Crippen LogP contribution is -2.17. The van der Waals surface area contributed by atoms with Crippen LogP contribution in [0.25, 0.3) is 11.1 Å². The standard InChI is InChI=1S/C24H25ClN2O4S/c1-13(2)12-31-21-17(25)10-16(11-18(21)30-4)23(29)27-24-20(22(26)28)19(14(3)32-24)15-8-6-5-7-9-15/h5-11,13H,12H2,1-4H3,(H2,26,28)(H,27,29). The van der Waals surface area contributed by atoms with Gasteiger partial charge in [-0.15, -0.1) is 11.3 Å². The summed E-state index contributed by atoms with van der Waals surface area (Å²) in [7, 11) is 1.48. The van der Waals surface area contributed by atoms with Crippen LogP contribution in [0.15, 0.2) is 42.5 Å². The molecule has 3 aromatic rings. The van der Waals surface area contributed by atoms with Crippen molar-refractivity contribution in [2.45, 2.75) is 20.8 Å². The molecule has 8 heteroatoms. The van der Waals surface area contributed by atoms with Gasteiger partial charge in [0, 0.05) is 16.0 Å². The summed E-state index contributed by atoms with van der Waals surface area (Å²) in [6.45, 7) is 6.38. The van der Waals surface area contributed by atoms with Gasteiger partial charge < -0.3 is 20.5 Å². The quantitative estimate of drug-likeness (QED) is 0.435. The SMILES string of the molecule is COc1cc(C(=O)Nc2sc(C)c(-c3ccccc3)c2C(N)=O)cc(Cl)c1OCC(C)C. The number of rotatable bonds is 8. The monoisotopic (exact) mass is 472 g/mol. The van der Waals surface area contributed by atoms with Crippen LogP contribution in [0.5, 0.6) is 11.5 Å². The van der Waals surface area contributed by atoms with Crippen LogP contribution in [-0.4, -0.2) is 25.5 Å². The van der Waals surface area contributed by atoms with Gasteiger partial charge in [0.1, 0.15) is 5.00 Å². The highest BCUT2D eigenvalue weighted by atomic mass is 35.5. The second-order valence-corrected chi connectivity index (χ2v) is 9.25. The molecule has 0 saturated carbocycles. The first-order valence-electron chi connectivity index (χ1n) is 10.0. The number of benzene rings is 2. The Labute approximate surface area is 196 Å². The van der Waals surface area contributed by atoms with Gasteiger partial charge in [-0.3, -0.25) is 9.59 Å². The smallest absolute Gasteiger partial charge is 0.256 e. The van der Waals surface area contributed by atoms with Crippen molar-refractivity contribution in [2.75, 3.05) is 19.0 Å². The molecular weight excluding hydrogens is 448 g/mol. The van der Waals surface area contributed by atoms with Crippen LogP contribution < -0.4 is 20.5 Å². The van der Waals surface area contributed by atoms with Crippen molar-refractivity contribution >= 4 is 39.8 Å². The molecule has 3 N–H and O–H groups in total. The van der Waals surface area contributed by atoms with E-state index in [0.29, 0.717) is 34.6 Å². The van der Waals surface area contributed by atoms with Crippen molar-refractivity contribution in [3.8, 4) is 22.6 Å². The fourth-order valence-electron chi connectivity index (χ4n) is 3.24. The van der Waals surface area contributed by atoms with Gasteiger partial charge in [-0.1, -0.05) is 55.8 Å². The maximum atomic E-state index is 13.0. The molecule has 0 spiro atoms. The highest BCUT2D eigenvalue weighted by molar-refractivity contribution is 7.17. The number of aryl methyl sites for hydroxylation is 1. The minimum Gasteiger partial charge on any atom is -0.493 e. The number of carbonyl (C=O) groups excluding carboxylic acids is 2. The van der Waals surface area contributed by atoms with Crippen LogP contribution >= 0.6 is 22.9 Å². The Hall–Kier alpha value is -3.03. The number of hydrogen-bond acceptors (Lipinski definition) is 5. The molecule has 1 heterocycles. The van der Waals surface area contributed by atoms with Crippen LogP contribution in [-0.2, 0) is 0 Å². The first kappa shape index (κ1) is 23.6. The highest BCUT2D eigenvalue weighted by Crippen LogP contribution is 2.41. The highest BCUT2D eigenvalue weighted by Gasteiger charge is 2.24. The molecule has 0 aliphatic rings. The molecule has 0 bridgehead atoms. The second-order valence-electron chi connectivity index (χ2n) is 7.62. The summed E-state index contributed by atoms with van der Waals surface area (Å²) in [5, 5.41) is 3.46. The number of nitrogens with one attached hydrogen (secondary N) is 1. The number of hydrogen-bond donors (Lipinski definition) is 2. The van der Waals surface area contributed by atoms with E-state index < -0.39 is 11.8 Å². The number of methoxy groups -OCH3 is 1. The third-order valence-corrected chi connectivity index (χ3v) is 5.97. The maximum Gasteiger partial charge on any atom is 0.256 e. The molecule has 1 aromatic heterocycles. The van der Waals surface area contributed by atoms with Gasteiger partial charge in [0.25, 0.3) is 11.8 Å². The van der Waals surface area contributed by atoms with Crippen LogP contribution in [0.3, 0.4) is 0 Å². The van der Waals surface area contributed by atoms with Crippen LogP contribution in [0.2, 0.25) is 5.02 Å². The van der Waals surface area contributed by atoms with E-state index >= 15 is 0 Å². The Morgan fingerprint density at radius 1 is 1.19 bits per heavy atom. The predicted molar refractivity (Wildman–Crippen MR) is 129 cm³/mol. The molecule has 0 saturated heterocycles. The molecule has 0 radical (unpaired) electrons. The number of primary amides is 1. The molecule has 2 amide bonds. The average Bonchev–Trinajstić information content (AvgIpc) is 3.08. The molecule has 32 heavy (non-hydrogen) atoms. The predicted octanol–water partition coefficient (Wildman–Crippen LogP) is 5.77. The van der Waals surface area contributed by atoms with Crippen LogP contribution in [0.1, 0.15) is 39.4 Å². The van der Waals surface area contributed by atoms with Gasteiger partial charge in [0.15, 0.2) is 11.5 Å². The first-order chi connectivity index (χ1) is 15.2. The molecule has 3 rings (SSSR count). The Bertz CT molecular complexity index is 1140. The molecule has 168 valence electrons. The maximum absolute atomic E-state index is 13.0. The van der Waals surface area contributed by atoms with E-state index in [1.165, 1.54) is 24.5 Å². The fraction of sp³-hybridized carbons (Fsp3) is 0.250. The molecule has 2 aromatic carbocycles. The van der Waals surface area contributed by atoms with Gasteiger partial charge in [-0.25, -0.2) is 0 Å². The number of carbonyl (C=O) groups is 2. The van der Waals surface area contributed by atoms with E-state index in [1.807, 2.05) is 51.1 Å². The van der Waals surface area contributed by atoms with Gasteiger partial charge in [0.05, 0.1) is 24.3 Å². The lowest BCUT2D eigenvalue weighted by atomic mass is 10.0. The number of halogens is 1. The molecule has 6 nitrogen and oxygen atoms in total. The van der Waals surface area contributed by atoms with Crippen molar-refractivity contribution in [3.63, 3.8) is 0 Å². The summed E-state index contributed by atoms with van der Waals surface area (Å²) in [5.41, 5.74) is 7.80. The van der Waals surface area contributed by atoms with Gasteiger partial charge in [-0.05, 0) is 30.5 Å². The summed E-state index contributed by atoms with van der Waals surface area (Å²) in [6.07, 6.45) is 0. The van der Waals surface area contributed by atoms with Crippen molar-refractivity contribution in [1.82, 2.24) is 0 Å². The zero-order valence-electron chi connectivity index (χ0n) is 18.3. The van der Waals surface area contributed by atoms with E-state index in [4.69, 9.17) is 26.8 Å². The zero-order chi connectivity index (χ0) is 23.4. The third kappa shape index (κ3) is 5.06. The van der Waals surface area contributed by atoms with E-state index in [-0.39, 0.29) is 16.1 Å². The summed E-state index contributed by atoms with van der Waals surface area (Å²) in [4.78, 5) is 26.2. The number of anilines is 1. The van der Waals surface area contributed by atoms with Crippen LogP contribution in [0, 0.1) is 12.8 Å². The van der Waals surface area contributed by atoms with E-state index in [0.717, 1.165) is 10.4 Å². The average molecular weight is 473 g/mol. The zero-order valence-corrected chi connectivity index (χ0v) is 19.9. The van der Waals surface area contributed by atoms with Crippen molar-refractivity contribution in [1.29, 1.82) is 0 Å². The van der Waals surface area contributed by atoms with Crippen molar-refractivity contribution in [3.05, 3.63) is 63.5 Å². The molecule has 0 aliphatic heterocycles. The summed E-state index contributed by atoms with van der Waals surface area (Å²) in [5.74, 6) is -0.0197. The minimum absolute atomic E-state index is 0.262. The Balaban J connectivity index is 1.96. The molecule has 0 fully saturated rings.